The summed E-state index contributed by atoms with van der Waals surface area (Å²) in [5.74, 6) is 0. The molecule has 0 saturated carbocycles. The number of ether oxygens (including phenoxy) is 1. The summed E-state index contributed by atoms with van der Waals surface area (Å²) in [5, 5.41) is 0. The van der Waals surface area contributed by atoms with Crippen LogP contribution >= 0.6 is 0 Å². The van der Waals surface area contributed by atoms with Crippen LogP contribution in [-0.2, 0) is 14.8 Å². The van der Waals surface area contributed by atoms with Crippen LogP contribution in [0.15, 0.2) is 23.1 Å². The summed E-state index contributed by atoms with van der Waals surface area (Å²) in [4.78, 5) is 0.292. The van der Waals surface area contributed by atoms with E-state index in [1.807, 2.05) is 6.92 Å². The first-order valence-corrected chi connectivity index (χ1v) is 7.87. The maximum Gasteiger partial charge on any atom is 0.241 e. The molecule has 0 amide bonds. The minimum atomic E-state index is -3.49. The number of hydrogen-bond donors (Lipinski definition) is 2. The van der Waals surface area contributed by atoms with Gasteiger partial charge in [0.05, 0.1) is 11.0 Å². The second kappa shape index (κ2) is 5.48. The van der Waals surface area contributed by atoms with Crippen molar-refractivity contribution in [2.24, 2.45) is 0 Å². The topological polar surface area (TPSA) is 81.4 Å². The fraction of sp³-hybridized carbons (Fsp3) is 0.538. The fourth-order valence-corrected chi connectivity index (χ4v) is 3.87. The molecule has 1 heterocycles. The maximum absolute atomic E-state index is 12.3. The van der Waals surface area contributed by atoms with Crippen molar-refractivity contribution in [3.8, 4) is 0 Å². The average Bonchev–Trinajstić information content (AvgIpc) is 2.27. The van der Waals surface area contributed by atoms with Crippen LogP contribution in [-0.4, -0.2) is 27.2 Å². The lowest BCUT2D eigenvalue weighted by atomic mass is 10.1. The Hall–Kier alpha value is -1.11. The highest BCUT2D eigenvalue weighted by Gasteiger charge is 2.25. The molecule has 3 N–H and O–H groups in total. The molecule has 106 valence electrons. The second-order valence-electron chi connectivity index (χ2n) is 5.05. The quantitative estimate of drug-likeness (QED) is 0.823. The summed E-state index contributed by atoms with van der Waals surface area (Å²) in [6.45, 7) is 4.29. The van der Waals surface area contributed by atoms with Gasteiger partial charge in [0.2, 0.25) is 10.0 Å². The van der Waals surface area contributed by atoms with Gasteiger partial charge in [0, 0.05) is 18.3 Å². The van der Waals surface area contributed by atoms with E-state index in [9.17, 15) is 8.42 Å². The van der Waals surface area contributed by atoms with Gasteiger partial charge < -0.3 is 10.5 Å². The van der Waals surface area contributed by atoms with Gasteiger partial charge in [0.1, 0.15) is 0 Å². The molecule has 1 aliphatic heterocycles. The molecule has 2 unspecified atom stereocenters. The molecule has 0 bridgehead atoms. The van der Waals surface area contributed by atoms with Crippen LogP contribution in [0.3, 0.4) is 0 Å². The number of sulfonamides is 1. The first-order chi connectivity index (χ1) is 8.88. The summed E-state index contributed by atoms with van der Waals surface area (Å²) >= 11 is 0. The summed E-state index contributed by atoms with van der Waals surface area (Å²) in [6.07, 6.45) is 1.50. The number of aryl methyl sites for hydroxylation is 1. The molecule has 0 radical (unpaired) electrons. The van der Waals surface area contributed by atoms with E-state index in [1.54, 1.807) is 25.1 Å². The van der Waals surface area contributed by atoms with Crippen LogP contribution < -0.4 is 10.5 Å². The van der Waals surface area contributed by atoms with Gasteiger partial charge in [0.25, 0.3) is 0 Å². The normalized spacial score (nSPS) is 24.3. The molecule has 6 heteroatoms. The van der Waals surface area contributed by atoms with E-state index in [4.69, 9.17) is 10.5 Å². The smallest absolute Gasteiger partial charge is 0.241 e. The highest BCUT2D eigenvalue weighted by atomic mass is 32.2. The first kappa shape index (κ1) is 14.3. The molecule has 19 heavy (non-hydrogen) atoms. The van der Waals surface area contributed by atoms with Gasteiger partial charge in [-0.3, -0.25) is 0 Å². The highest BCUT2D eigenvalue weighted by Crippen LogP contribution is 2.20. The second-order valence-corrected chi connectivity index (χ2v) is 6.73. The van der Waals surface area contributed by atoms with Crippen LogP contribution in [0.2, 0.25) is 0 Å². The van der Waals surface area contributed by atoms with E-state index in [2.05, 4.69) is 4.72 Å². The summed E-state index contributed by atoms with van der Waals surface area (Å²) in [6, 6.07) is 4.76. The molecule has 1 aromatic carbocycles. The summed E-state index contributed by atoms with van der Waals surface area (Å²) in [5.41, 5.74) is 6.87. The SMILES string of the molecule is Cc1cc(N)ccc1S(=O)(=O)NC1CCOC(C)C1. The maximum atomic E-state index is 12.3. The van der Waals surface area contributed by atoms with E-state index < -0.39 is 10.0 Å². The molecule has 2 rings (SSSR count). The first-order valence-electron chi connectivity index (χ1n) is 6.38. The van der Waals surface area contributed by atoms with Crippen molar-refractivity contribution in [1.29, 1.82) is 0 Å². The third-order valence-corrected chi connectivity index (χ3v) is 4.98. The Morgan fingerprint density at radius 3 is 2.79 bits per heavy atom. The zero-order valence-corrected chi connectivity index (χ0v) is 12.0. The van der Waals surface area contributed by atoms with E-state index in [0.29, 0.717) is 35.6 Å². The van der Waals surface area contributed by atoms with Crippen molar-refractivity contribution in [3.05, 3.63) is 23.8 Å². The molecule has 0 aromatic heterocycles. The van der Waals surface area contributed by atoms with Crippen molar-refractivity contribution in [2.45, 2.75) is 43.7 Å². The molecule has 1 aromatic rings. The van der Waals surface area contributed by atoms with Gasteiger partial charge in [-0.1, -0.05) is 0 Å². The number of nitrogen functional groups attached to an aromatic ring is 1. The van der Waals surface area contributed by atoms with Crippen molar-refractivity contribution >= 4 is 15.7 Å². The van der Waals surface area contributed by atoms with Gasteiger partial charge >= 0.3 is 0 Å². The Kier molecular flexibility index (Phi) is 4.13. The molecule has 1 fully saturated rings. The lowest BCUT2D eigenvalue weighted by Gasteiger charge is -2.27. The van der Waals surface area contributed by atoms with E-state index >= 15 is 0 Å². The van der Waals surface area contributed by atoms with Gasteiger partial charge in [-0.25, -0.2) is 13.1 Å². The van der Waals surface area contributed by atoms with Gasteiger partial charge in [-0.05, 0) is 50.5 Å². The molecular formula is C13H20N2O3S. The Labute approximate surface area is 114 Å². The van der Waals surface area contributed by atoms with Gasteiger partial charge in [0.15, 0.2) is 0 Å². The third kappa shape index (κ3) is 3.46. The summed E-state index contributed by atoms with van der Waals surface area (Å²) < 4.78 is 32.9. The lowest BCUT2D eigenvalue weighted by Crippen LogP contribution is -2.41. The molecular weight excluding hydrogens is 264 g/mol. The van der Waals surface area contributed by atoms with Crippen LogP contribution in [0.1, 0.15) is 25.3 Å². The number of rotatable bonds is 3. The standard InChI is InChI=1S/C13H20N2O3S/c1-9-7-11(14)3-4-13(9)19(16,17)15-12-5-6-18-10(2)8-12/h3-4,7,10,12,15H,5-6,8,14H2,1-2H3. The highest BCUT2D eigenvalue weighted by molar-refractivity contribution is 7.89. The summed E-state index contributed by atoms with van der Waals surface area (Å²) in [7, 11) is -3.49. The Bertz CT molecular complexity index is 557. The van der Waals surface area contributed by atoms with Crippen LogP contribution in [0, 0.1) is 6.92 Å². The Morgan fingerprint density at radius 2 is 2.16 bits per heavy atom. The van der Waals surface area contributed by atoms with E-state index in [-0.39, 0.29) is 12.1 Å². The number of nitrogens with two attached hydrogens (primary N) is 1. The average molecular weight is 284 g/mol. The number of nitrogens with one attached hydrogen (secondary N) is 1. The zero-order valence-electron chi connectivity index (χ0n) is 11.2. The van der Waals surface area contributed by atoms with Crippen molar-refractivity contribution in [2.75, 3.05) is 12.3 Å². The van der Waals surface area contributed by atoms with Crippen LogP contribution in [0.4, 0.5) is 5.69 Å². The molecule has 0 spiro atoms. The molecule has 1 aliphatic rings. The predicted octanol–water partition coefficient (Wildman–Crippen LogP) is 1.42. The number of hydrogen-bond acceptors (Lipinski definition) is 4. The van der Waals surface area contributed by atoms with E-state index in [1.165, 1.54) is 0 Å². The number of benzene rings is 1. The molecule has 0 aliphatic carbocycles. The minimum Gasteiger partial charge on any atom is -0.399 e. The Balaban J connectivity index is 2.18. The Morgan fingerprint density at radius 1 is 1.42 bits per heavy atom. The monoisotopic (exact) mass is 284 g/mol. The van der Waals surface area contributed by atoms with Crippen molar-refractivity contribution in [1.82, 2.24) is 4.72 Å². The number of anilines is 1. The zero-order chi connectivity index (χ0) is 14.0. The molecule has 5 nitrogen and oxygen atoms in total. The fourth-order valence-electron chi connectivity index (χ4n) is 2.36. The van der Waals surface area contributed by atoms with Gasteiger partial charge in [-0.15, -0.1) is 0 Å². The lowest BCUT2D eigenvalue weighted by molar-refractivity contribution is 0.0173. The van der Waals surface area contributed by atoms with E-state index in [0.717, 1.165) is 0 Å². The third-order valence-electron chi connectivity index (χ3n) is 3.30. The van der Waals surface area contributed by atoms with Crippen molar-refractivity contribution < 1.29 is 13.2 Å². The van der Waals surface area contributed by atoms with Crippen molar-refractivity contribution in [3.63, 3.8) is 0 Å². The van der Waals surface area contributed by atoms with Crippen LogP contribution in [0.5, 0.6) is 0 Å². The molecule has 2 atom stereocenters. The minimum absolute atomic E-state index is 0.0642. The predicted molar refractivity (Wildman–Crippen MR) is 74.3 cm³/mol. The van der Waals surface area contributed by atoms with Gasteiger partial charge in [-0.2, -0.15) is 0 Å². The molecule has 1 saturated heterocycles. The van der Waals surface area contributed by atoms with Crippen LogP contribution in [0.25, 0.3) is 0 Å². The largest absolute Gasteiger partial charge is 0.399 e.